The van der Waals surface area contributed by atoms with Gasteiger partial charge in [-0.25, -0.2) is 0 Å². The number of alkyl halides is 3. The Morgan fingerprint density at radius 1 is 1.24 bits per heavy atom. The Morgan fingerprint density at radius 2 is 1.94 bits per heavy atom. The molecule has 1 saturated carbocycles. The first kappa shape index (κ1) is 11.0. The number of aromatic nitrogens is 1. The summed E-state index contributed by atoms with van der Waals surface area (Å²) in [5.41, 5.74) is 0.573. The van der Waals surface area contributed by atoms with Crippen molar-refractivity contribution in [3.8, 4) is 0 Å². The van der Waals surface area contributed by atoms with E-state index >= 15 is 0 Å². The number of rotatable bonds is 1. The summed E-state index contributed by atoms with van der Waals surface area (Å²) in [6.45, 7) is 2.11. The van der Waals surface area contributed by atoms with Crippen LogP contribution in [0.25, 0.3) is 0 Å². The van der Waals surface area contributed by atoms with Crippen LogP contribution in [0.3, 0.4) is 0 Å². The lowest BCUT2D eigenvalue weighted by Gasteiger charge is -2.54. The zero-order valence-electron chi connectivity index (χ0n) is 9.22. The van der Waals surface area contributed by atoms with Gasteiger partial charge in [-0.2, -0.15) is 13.2 Å². The Balaban J connectivity index is 1.69. The first-order valence-electron chi connectivity index (χ1n) is 5.72. The maximum Gasteiger partial charge on any atom is 0.433 e. The van der Waals surface area contributed by atoms with Crippen LogP contribution in [0.1, 0.15) is 30.0 Å². The molecule has 1 saturated heterocycles. The van der Waals surface area contributed by atoms with E-state index in [1.165, 1.54) is 6.20 Å². The van der Waals surface area contributed by atoms with Crippen molar-refractivity contribution in [1.82, 2.24) is 10.3 Å². The number of halogens is 3. The van der Waals surface area contributed by atoms with Crippen LogP contribution < -0.4 is 5.32 Å². The fraction of sp³-hybridized carbons (Fsp3) is 0.583. The fourth-order valence-corrected chi connectivity index (χ4v) is 2.80. The van der Waals surface area contributed by atoms with Gasteiger partial charge in [0.25, 0.3) is 0 Å². The van der Waals surface area contributed by atoms with Crippen LogP contribution >= 0.6 is 0 Å². The van der Waals surface area contributed by atoms with Gasteiger partial charge in [-0.3, -0.25) is 4.98 Å². The SMILES string of the molecule is FC(F)(F)c1ccc(C2CC3(CNC3)C2)cn1. The van der Waals surface area contributed by atoms with E-state index in [4.69, 9.17) is 0 Å². The van der Waals surface area contributed by atoms with Crippen LogP contribution in [-0.2, 0) is 6.18 Å². The van der Waals surface area contributed by atoms with Crippen LogP contribution in [0, 0.1) is 5.41 Å². The second-order valence-electron chi connectivity index (χ2n) is 5.18. The van der Waals surface area contributed by atoms with E-state index in [0.29, 0.717) is 11.3 Å². The van der Waals surface area contributed by atoms with E-state index in [-0.39, 0.29) is 0 Å². The average molecular weight is 242 g/mol. The number of nitrogens with zero attached hydrogens (tertiary/aromatic N) is 1. The van der Waals surface area contributed by atoms with E-state index in [2.05, 4.69) is 10.3 Å². The average Bonchev–Trinajstić information content (AvgIpc) is 2.12. The molecule has 0 radical (unpaired) electrons. The topological polar surface area (TPSA) is 24.9 Å². The van der Waals surface area contributed by atoms with E-state index in [1.54, 1.807) is 6.07 Å². The third-order valence-corrected chi connectivity index (χ3v) is 3.91. The molecule has 0 atom stereocenters. The summed E-state index contributed by atoms with van der Waals surface area (Å²) < 4.78 is 37.0. The van der Waals surface area contributed by atoms with Crippen LogP contribution in [0.2, 0.25) is 0 Å². The molecule has 0 amide bonds. The maximum atomic E-state index is 12.3. The molecule has 92 valence electrons. The van der Waals surface area contributed by atoms with E-state index in [1.807, 2.05) is 0 Å². The maximum absolute atomic E-state index is 12.3. The Bertz CT molecular complexity index is 412. The van der Waals surface area contributed by atoms with Gasteiger partial charge in [-0.15, -0.1) is 0 Å². The summed E-state index contributed by atoms with van der Waals surface area (Å²) in [6.07, 6.45) is -0.802. The zero-order chi connectivity index (χ0) is 12.1. The lowest BCUT2D eigenvalue weighted by molar-refractivity contribution is -0.141. The van der Waals surface area contributed by atoms with Crippen molar-refractivity contribution >= 4 is 0 Å². The highest BCUT2D eigenvalue weighted by molar-refractivity contribution is 5.25. The Labute approximate surface area is 97.2 Å². The summed E-state index contributed by atoms with van der Waals surface area (Å²) in [5.74, 6) is 0.395. The first-order valence-corrected chi connectivity index (χ1v) is 5.72. The monoisotopic (exact) mass is 242 g/mol. The molecule has 1 aromatic rings. The Hall–Kier alpha value is -1.10. The van der Waals surface area contributed by atoms with Gasteiger partial charge < -0.3 is 5.32 Å². The molecule has 17 heavy (non-hydrogen) atoms. The van der Waals surface area contributed by atoms with E-state index in [0.717, 1.165) is 37.6 Å². The first-order chi connectivity index (χ1) is 7.99. The molecule has 2 fully saturated rings. The van der Waals surface area contributed by atoms with Crippen LogP contribution in [0.15, 0.2) is 18.3 Å². The minimum atomic E-state index is -4.34. The molecule has 0 bridgehead atoms. The predicted molar refractivity (Wildman–Crippen MR) is 56.5 cm³/mol. The normalized spacial score (nSPS) is 23.2. The lowest BCUT2D eigenvalue weighted by Crippen LogP contribution is -2.59. The molecular weight excluding hydrogens is 229 g/mol. The third kappa shape index (κ3) is 1.82. The zero-order valence-corrected chi connectivity index (χ0v) is 9.22. The smallest absolute Gasteiger partial charge is 0.316 e. The molecule has 1 aromatic heterocycles. The molecule has 2 aliphatic rings. The van der Waals surface area contributed by atoms with E-state index in [9.17, 15) is 13.2 Å². The van der Waals surface area contributed by atoms with Gasteiger partial charge in [0.1, 0.15) is 5.69 Å². The Morgan fingerprint density at radius 3 is 2.35 bits per heavy atom. The third-order valence-electron chi connectivity index (χ3n) is 3.91. The van der Waals surface area contributed by atoms with Crippen molar-refractivity contribution in [3.05, 3.63) is 29.6 Å². The van der Waals surface area contributed by atoms with Crippen LogP contribution in [0.4, 0.5) is 13.2 Å². The molecule has 2 heterocycles. The van der Waals surface area contributed by atoms with Gasteiger partial charge in [0.2, 0.25) is 0 Å². The van der Waals surface area contributed by atoms with Crippen molar-refractivity contribution in [2.24, 2.45) is 5.41 Å². The van der Waals surface area contributed by atoms with Gasteiger partial charge in [-0.05, 0) is 35.8 Å². The number of pyridine rings is 1. The molecule has 1 N–H and O–H groups in total. The molecule has 0 unspecified atom stereocenters. The standard InChI is InChI=1S/C12H13F3N2/c13-12(14,15)10-2-1-8(5-17-10)9-3-11(4-9)6-16-7-11/h1-2,5,9,16H,3-4,6-7H2. The van der Waals surface area contributed by atoms with Crippen molar-refractivity contribution < 1.29 is 13.2 Å². The lowest BCUT2D eigenvalue weighted by atomic mass is 9.57. The summed E-state index contributed by atoms with van der Waals surface area (Å²) in [7, 11) is 0. The molecular formula is C12H13F3N2. The highest BCUT2D eigenvalue weighted by Crippen LogP contribution is 2.53. The van der Waals surface area contributed by atoms with Crippen LogP contribution in [0.5, 0.6) is 0 Å². The van der Waals surface area contributed by atoms with Gasteiger partial charge >= 0.3 is 6.18 Å². The highest BCUT2D eigenvalue weighted by Gasteiger charge is 2.48. The van der Waals surface area contributed by atoms with Crippen LogP contribution in [-0.4, -0.2) is 18.1 Å². The van der Waals surface area contributed by atoms with Gasteiger partial charge in [0.05, 0.1) is 0 Å². The quantitative estimate of drug-likeness (QED) is 0.818. The minimum absolute atomic E-state index is 0.395. The molecule has 1 aliphatic carbocycles. The molecule has 3 rings (SSSR count). The predicted octanol–water partition coefficient (Wildman–Crippen LogP) is 2.57. The summed E-state index contributed by atoms with van der Waals surface area (Å²) in [6, 6.07) is 2.65. The minimum Gasteiger partial charge on any atom is -0.316 e. The molecule has 1 spiro atoms. The molecule has 0 aromatic carbocycles. The van der Waals surface area contributed by atoms with Gasteiger partial charge in [-0.1, -0.05) is 6.07 Å². The van der Waals surface area contributed by atoms with E-state index < -0.39 is 11.9 Å². The number of nitrogens with one attached hydrogen (secondary N) is 1. The summed E-state index contributed by atoms with van der Waals surface area (Å²) in [4.78, 5) is 3.50. The second-order valence-corrected chi connectivity index (χ2v) is 5.18. The van der Waals surface area contributed by atoms with Crippen molar-refractivity contribution in [2.45, 2.75) is 24.9 Å². The number of hydrogen-bond acceptors (Lipinski definition) is 2. The van der Waals surface area contributed by atoms with Crippen molar-refractivity contribution in [2.75, 3.05) is 13.1 Å². The van der Waals surface area contributed by atoms with Crippen molar-refractivity contribution in [1.29, 1.82) is 0 Å². The second kappa shape index (κ2) is 3.45. The molecule has 1 aliphatic heterocycles. The largest absolute Gasteiger partial charge is 0.433 e. The Kier molecular flexibility index (Phi) is 2.23. The van der Waals surface area contributed by atoms with Crippen molar-refractivity contribution in [3.63, 3.8) is 0 Å². The number of hydrogen-bond donors (Lipinski definition) is 1. The summed E-state index contributed by atoms with van der Waals surface area (Å²) in [5, 5.41) is 3.24. The van der Waals surface area contributed by atoms with Gasteiger partial charge in [0, 0.05) is 19.3 Å². The fourth-order valence-electron chi connectivity index (χ4n) is 2.80. The molecule has 5 heteroatoms. The molecule has 2 nitrogen and oxygen atoms in total. The summed E-state index contributed by atoms with van der Waals surface area (Å²) >= 11 is 0. The van der Waals surface area contributed by atoms with Gasteiger partial charge in [0.15, 0.2) is 0 Å². The highest BCUT2D eigenvalue weighted by atomic mass is 19.4.